The molecule has 3 N–H and O–H groups in total. The van der Waals surface area contributed by atoms with Crippen LogP contribution >= 0.6 is 0 Å². The number of carbonyl (C=O) groups is 1. The zero-order chi connectivity index (χ0) is 25.9. The number of para-hydroxylation sites is 1. The Labute approximate surface area is 211 Å². The Morgan fingerprint density at radius 2 is 2.14 bits per heavy atom. The van der Waals surface area contributed by atoms with Crippen LogP contribution in [0, 0.1) is 24.1 Å². The van der Waals surface area contributed by atoms with E-state index in [2.05, 4.69) is 26.3 Å². The molecule has 37 heavy (non-hydrogen) atoms. The van der Waals surface area contributed by atoms with Crippen molar-refractivity contribution >= 4 is 22.5 Å². The van der Waals surface area contributed by atoms with E-state index in [9.17, 15) is 19.6 Å². The molecule has 0 radical (unpaired) electrons. The van der Waals surface area contributed by atoms with Crippen LogP contribution in [0.2, 0.25) is 0 Å². The lowest BCUT2D eigenvalue weighted by Crippen LogP contribution is -2.36. The molecule has 0 amide bonds. The third kappa shape index (κ3) is 4.87. The highest BCUT2D eigenvalue weighted by Gasteiger charge is 2.26. The van der Waals surface area contributed by atoms with E-state index in [0.717, 1.165) is 6.42 Å². The quantitative estimate of drug-likeness (QED) is 0.320. The number of aliphatic hydroxyl groups is 1. The third-order valence-electron chi connectivity index (χ3n) is 6.34. The number of hydrogen-bond acceptors (Lipinski definition) is 8. The van der Waals surface area contributed by atoms with Crippen molar-refractivity contribution in [1.82, 2.24) is 15.0 Å². The highest BCUT2D eigenvalue weighted by molar-refractivity contribution is 6.19. The summed E-state index contributed by atoms with van der Waals surface area (Å²) in [5.74, 6) is -0.633. The number of pyridine rings is 2. The van der Waals surface area contributed by atoms with Gasteiger partial charge >= 0.3 is 0 Å². The first kappa shape index (κ1) is 24.4. The number of aliphatic hydroxyl groups excluding tert-OH is 1. The largest absolute Gasteiger partial charge is 0.436 e. The molecule has 4 aromatic rings. The van der Waals surface area contributed by atoms with Gasteiger partial charge in [-0.05, 0) is 38.0 Å². The maximum Gasteiger partial charge on any atom is 0.219 e. The molecule has 9 nitrogen and oxygen atoms in total. The van der Waals surface area contributed by atoms with Crippen LogP contribution < -0.4 is 10.1 Å². The molecule has 2 atom stereocenters. The van der Waals surface area contributed by atoms with Gasteiger partial charge in [0.15, 0.2) is 17.3 Å². The first-order valence-electron chi connectivity index (χ1n) is 11.8. The molecule has 0 bridgehead atoms. The van der Waals surface area contributed by atoms with Gasteiger partial charge in [0.05, 0.1) is 47.2 Å². The zero-order valence-corrected chi connectivity index (χ0v) is 20.0. The van der Waals surface area contributed by atoms with Crippen LogP contribution in [-0.4, -0.2) is 51.2 Å². The SMILES string of the molecule is Cc1nc(Oc2ccccc2F)ccc1C(=O)c1c[nH]c2ncc(C#N)c(N[C@@H]3CC[C@@H](CO)OC3)c12. The Bertz CT molecular complexity index is 1500. The minimum absolute atomic E-state index is 0.0351. The van der Waals surface area contributed by atoms with Gasteiger partial charge in [0.2, 0.25) is 5.88 Å². The van der Waals surface area contributed by atoms with Crippen molar-refractivity contribution in [3.63, 3.8) is 0 Å². The van der Waals surface area contributed by atoms with Crippen LogP contribution in [0.25, 0.3) is 11.0 Å². The second-order valence-corrected chi connectivity index (χ2v) is 8.79. The number of fused-ring (bicyclic) bond motifs is 1. The van der Waals surface area contributed by atoms with E-state index in [1.807, 2.05) is 0 Å². The molecule has 1 aromatic carbocycles. The minimum atomic E-state index is -0.517. The van der Waals surface area contributed by atoms with E-state index in [-0.39, 0.29) is 36.2 Å². The number of hydrogen-bond donors (Lipinski definition) is 3. The molecule has 10 heteroatoms. The van der Waals surface area contributed by atoms with Gasteiger partial charge in [-0.25, -0.2) is 14.4 Å². The fourth-order valence-electron chi connectivity index (χ4n) is 4.40. The van der Waals surface area contributed by atoms with Crippen molar-refractivity contribution in [1.29, 1.82) is 5.26 Å². The van der Waals surface area contributed by atoms with E-state index < -0.39 is 5.82 Å². The number of anilines is 1. The molecule has 1 saturated heterocycles. The Morgan fingerprint density at radius 1 is 1.30 bits per heavy atom. The summed E-state index contributed by atoms with van der Waals surface area (Å²) in [6, 6.07) is 11.1. The molecule has 1 fully saturated rings. The fourth-order valence-corrected chi connectivity index (χ4v) is 4.40. The van der Waals surface area contributed by atoms with Gasteiger partial charge < -0.3 is 24.9 Å². The molecule has 4 heterocycles. The molecule has 1 aliphatic rings. The number of nitrogens with one attached hydrogen (secondary N) is 2. The van der Waals surface area contributed by atoms with Crippen molar-refractivity contribution in [3.05, 3.63) is 77.0 Å². The number of aromatic nitrogens is 3. The standard InChI is InChI=1S/C27H24FN5O4/c1-15-19(8-9-23(32-15)37-22-5-3-2-4-21(22)28)26(35)20-12-31-27-24(20)25(16(10-29)11-30-27)33-17-6-7-18(13-34)36-14-17/h2-5,8-9,11-12,17-18,34H,6-7,13-14H2,1H3,(H2,30,31,33)/t17-,18+/m1/s1. The summed E-state index contributed by atoms with van der Waals surface area (Å²) in [5.41, 5.74) is 2.33. The van der Waals surface area contributed by atoms with Gasteiger partial charge in [0, 0.05) is 30.1 Å². The van der Waals surface area contributed by atoms with Crippen LogP contribution in [0.1, 0.15) is 40.0 Å². The molecule has 188 valence electrons. The Hall–Kier alpha value is -4.33. The summed E-state index contributed by atoms with van der Waals surface area (Å²) in [7, 11) is 0. The number of aromatic amines is 1. The first-order chi connectivity index (χ1) is 18.0. The number of carbonyl (C=O) groups excluding carboxylic acids is 1. The van der Waals surface area contributed by atoms with E-state index in [1.54, 1.807) is 31.3 Å². The van der Waals surface area contributed by atoms with E-state index >= 15 is 0 Å². The Balaban J connectivity index is 1.47. The van der Waals surface area contributed by atoms with Gasteiger partial charge in [-0.1, -0.05) is 12.1 Å². The third-order valence-corrected chi connectivity index (χ3v) is 6.34. The fraction of sp³-hybridized carbons (Fsp3) is 0.259. The minimum Gasteiger partial charge on any atom is -0.436 e. The van der Waals surface area contributed by atoms with Gasteiger partial charge in [-0.3, -0.25) is 4.79 Å². The lowest BCUT2D eigenvalue weighted by atomic mass is 9.99. The number of ether oxygens (including phenoxy) is 2. The van der Waals surface area contributed by atoms with Gasteiger partial charge in [-0.15, -0.1) is 0 Å². The maximum atomic E-state index is 14.0. The van der Waals surface area contributed by atoms with E-state index in [1.165, 1.54) is 24.4 Å². The number of benzene rings is 1. The number of ketones is 1. The molecule has 0 saturated carbocycles. The van der Waals surface area contributed by atoms with Gasteiger partial charge in [0.1, 0.15) is 11.7 Å². The average Bonchev–Trinajstić information content (AvgIpc) is 3.35. The Morgan fingerprint density at radius 3 is 2.84 bits per heavy atom. The summed E-state index contributed by atoms with van der Waals surface area (Å²) in [5, 5.41) is 22.9. The smallest absolute Gasteiger partial charge is 0.219 e. The monoisotopic (exact) mass is 501 g/mol. The summed E-state index contributed by atoms with van der Waals surface area (Å²) < 4.78 is 25.2. The number of H-pyrrole nitrogens is 1. The predicted octanol–water partition coefficient (Wildman–Crippen LogP) is 4.25. The summed E-state index contributed by atoms with van der Waals surface area (Å²) in [6.07, 6.45) is 4.23. The van der Waals surface area contributed by atoms with E-state index in [0.29, 0.717) is 52.1 Å². The number of aryl methyl sites for hydroxylation is 1. The summed E-state index contributed by atoms with van der Waals surface area (Å²) in [6.45, 7) is 2.00. The highest BCUT2D eigenvalue weighted by atomic mass is 19.1. The molecule has 0 unspecified atom stereocenters. The number of nitrogens with zero attached hydrogens (tertiary/aromatic N) is 3. The number of nitriles is 1. The molecule has 0 spiro atoms. The summed E-state index contributed by atoms with van der Waals surface area (Å²) in [4.78, 5) is 25.3. The Kier molecular flexibility index (Phi) is 6.81. The second-order valence-electron chi connectivity index (χ2n) is 8.79. The summed E-state index contributed by atoms with van der Waals surface area (Å²) >= 11 is 0. The van der Waals surface area contributed by atoms with E-state index in [4.69, 9.17) is 9.47 Å². The van der Waals surface area contributed by atoms with Crippen LogP contribution in [-0.2, 0) is 4.74 Å². The number of rotatable bonds is 7. The van der Waals surface area contributed by atoms with Gasteiger partial charge in [0.25, 0.3) is 0 Å². The maximum absolute atomic E-state index is 14.0. The first-order valence-corrected chi connectivity index (χ1v) is 11.8. The lowest BCUT2D eigenvalue weighted by molar-refractivity contribution is -0.0223. The molecular weight excluding hydrogens is 477 g/mol. The van der Waals surface area contributed by atoms with Crippen molar-refractivity contribution < 1.29 is 23.8 Å². The van der Waals surface area contributed by atoms with Crippen LogP contribution in [0.3, 0.4) is 0 Å². The van der Waals surface area contributed by atoms with Crippen molar-refractivity contribution in [2.24, 2.45) is 0 Å². The van der Waals surface area contributed by atoms with Crippen LogP contribution in [0.5, 0.6) is 11.6 Å². The molecule has 1 aliphatic heterocycles. The van der Waals surface area contributed by atoms with Crippen LogP contribution in [0.4, 0.5) is 10.1 Å². The van der Waals surface area contributed by atoms with Crippen molar-refractivity contribution in [3.8, 4) is 17.7 Å². The highest BCUT2D eigenvalue weighted by Crippen LogP contribution is 2.33. The van der Waals surface area contributed by atoms with Gasteiger partial charge in [-0.2, -0.15) is 5.26 Å². The number of halogens is 1. The predicted molar refractivity (Wildman–Crippen MR) is 133 cm³/mol. The molecule has 3 aromatic heterocycles. The van der Waals surface area contributed by atoms with Crippen molar-refractivity contribution in [2.75, 3.05) is 18.5 Å². The van der Waals surface area contributed by atoms with Crippen LogP contribution in [0.15, 0.2) is 48.8 Å². The normalized spacial score (nSPS) is 17.4. The lowest BCUT2D eigenvalue weighted by Gasteiger charge is -2.29. The van der Waals surface area contributed by atoms with Crippen molar-refractivity contribution in [2.45, 2.75) is 31.9 Å². The second kappa shape index (κ2) is 10.3. The molecule has 5 rings (SSSR count). The molecule has 0 aliphatic carbocycles. The average molecular weight is 502 g/mol. The molecular formula is C27H24FN5O4. The topological polar surface area (TPSA) is 133 Å². The zero-order valence-electron chi connectivity index (χ0n) is 20.0.